The maximum atomic E-state index is 13.0. The molecule has 0 radical (unpaired) electrons. The molecule has 0 atom stereocenters. The van der Waals surface area contributed by atoms with Crippen LogP contribution in [-0.4, -0.2) is 71.3 Å². The summed E-state index contributed by atoms with van der Waals surface area (Å²) in [4.78, 5) is 49.0. The van der Waals surface area contributed by atoms with E-state index in [4.69, 9.17) is 0 Å². The lowest BCUT2D eigenvalue weighted by atomic mass is 10.1. The molecule has 198 valence electrons. The van der Waals surface area contributed by atoms with Crippen LogP contribution in [0, 0.1) is 13.8 Å². The van der Waals surface area contributed by atoms with Crippen molar-refractivity contribution >= 4 is 39.9 Å². The second kappa shape index (κ2) is 11.3. The summed E-state index contributed by atoms with van der Waals surface area (Å²) < 4.78 is 0. The molecule has 2 aromatic carbocycles. The maximum Gasteiger partial charge on any atom is 0.254 e. The largest absolute Gasteiger partial charge is 0.368 e. The Morgan fingerprint density at radius 1 is 1.00 bits per heavy atom. The van der Waals surface area contributed by atoms with Gasteiger partial charge in [0.2, 0.25) is 11.8 Å². The molecule has 38 heavy (non-hydrogen) atoms. The van der Waals surface area contributed by atoms with E-state index in [1.165, 1.54) is 22.6 Å². The molecule has 2 aliphatic rings. The Balaban J connectivity index is 1.12. The van der Waals surface area contributed by atoms with Gasteiger partial charge in [0.05, 0.1) is 12.1 Å². The predicted octanol–water partition coefficient (Wildman–Crippen LogP) is 3.89. The summed E-state index contributed by atoms with van der Waals surface area (Å²) in [6, 6.07) is 15.8. The highest BCUT2D eigenvalue weighted by atomic mass is 32.1. The summed E-state index contributed by atoms with van der Waals surface area (Å²) >= 11 is 1.30. The molecule has 1 N–H and O–H groups in total. The smallest absolute Gasteiger partial charge is 0.254 e. The summed E-state index contributed by atoms with van der Waals surface area (Å²) in [5.74, 6) is -0.367. The molecule has 9 heteroatoms. The van der Waals surface area contributed by atoms with Crippen molar-refractivity contribution < 1.29 is 14.4 Å². The van der Waals surface area contributed by atoms with Gasteiger partial charge in [-0.15, -0.1) is 11.3 Å². The monoisotopic (exact) mass is 531 g/mol. The minimum absolute atomic E-state index is 0.0175. The molecule has 0 bridgehead atoms. The van der Waals surface area contributed by atoms with Gasteiger partial charge in [0, 0.05) is 48.9 Å². The van der Waals surface area contributed by atoms with Crippen molar-refractivity contribution in [2.45, 2.75) is 39.2 Å². The zero-order valence-electron chi connectivity index (χ0n) is 21.9. The molecular formula is C29H33N5O3S. The number of aryl methyl sites for hydroxylation is 2. The van der Waals surface area contributed by atoms with E-state index in [0.29, 0.717) is 29.5 Å². The van der Waals surface area contributed by atoms with Crippen LogP contribution in [0.3, 0.4) is 0 Å². The Kier molecular flexibility index (Phi) is 7.74. The average molecular weight is 532 g/mol. The van der Waals surface area contributed by atoms with E-state index in [1.54, 1.807) is 17.0 Å². The van der Waals surface area contributed by atoms with Crippen molar-refractivity contribution in [2.24, 2.45) is 0 Å². The van der Waals surface area contributed by atoms with Crippen molar-refractivity contribution in [1.29, 1.82) is 0 Å². The molecule has 5 rings (SSSR count). The number of hydrogen-bond donors (Lipinski definition) is 1. The van der Waals surface area contributed by atoms with Crippen LogP contribution < -0.4 is 10.2 Å². The lowest BCUT2D eigenvalue weighted by Gasteiger charge is -2.36. The minimum atomic E-state index is -0.281. The van der Waals surface area contributed by atoms with Crippen molar-refractivity contribution in [3.63, 3.8) is 0 Å². The Hall–Kier alpha value is -3.72. The van der Waals surface area contributed by atoms with Gasteiger partial charge < -0.3 is 20.0 Å². The molecule has 0 spiro atoms. The van der Waals surface area contributed by atoms with Crippen molar-refractivity contribution in [1.82, 2.24) is 14.8 Å². The van der Waals surface area contributed by atoms with Gasteiger partial charge in [-0.05, 0) is 50.5 Å². The molecule has 1 aliphatic heterocycles. The van der Waals surface area contributed by atoms with Crippen LogP contribution in [0.1, 0.15) is 40.0 Å². The molecule has 0 unspecified atom stereocenters. The molecule has 1 saturated carbocycles. The lowest BCUT2D eigenvalue weighted by Crippen LogP contribution is -2.49. The highest BCUT2D eigenvalue weighted by Crippen LogP contribution is 2.28. The maximum absolute atomic E-state index is 13.0. The number of benzene rings is 2. The summed E-state index contributed by atoms with van der Waals surface area (Å²) in [6.45, 7) is 7.01. The number of anilines is 2. The van der Waals surface area contributed by atoms with Crippen LogP contribution in [-0.2, 0) is 16.0 Å². The first-order chi connectivity index (χ1) is 18.4. The molecule has 2 heterocycles. The lowest BCUT2D eigenvalue weighted by molar-refractivity contribution is -0.130. The summed E-state index contributed by atoms with van der Waals surface area (Å²) in [5, 5.41) is 5.07. The summed E-state index contributed by atoms with van der Waals surface area (Å²) in [7, 11) is 0. The van der Waals surface area contributed by atoms with E-state index in [0.717, 1.165) is 31.5 Å². The predicted molar refractivity (Wildman–Crippen MR) is 150 cm³/mol. The molecule has 1 aromatic heterocycles. The van der Waals surface area contributed by atoms with Crippen LogP contribution >= 0.6 is 11.3 Å². The van der Waals surface area contributed by atoms with E-state index in [1.807, 2.05) is 41.5 Å². The number of hydrogen-bond acceptors (Lipinski definition) is 6. The van der Waals surface area contributed by atoms with E-state index >= 15 is 0 Å². The van der Waals surface area contributed by atoms with Crippen LogP contribution in [0.2, 0.25) is 0 Å². The Bertz CT molecular complexity index is 1310. The van der Waals surface area contributed by atoms with Crippen molar-refractivity contribution in [3.05, 3.63) is 76.3 Å². The van der Waals surface area contributed by atoms with E-state index < -0.39 is 0 Å². The molecule has 3 amide bonds. The summed E-state index contributed by atoms with van der Waals surface area (Å²) in [5.41, 5.74) is 4.78. The highest BCUT2D eigenvalue weighted by molar-refractivity contribution is 7.13. The number of nitrogens with one attached hydrogen (secondary N) is 1. The number of aromatic nitrogens is 1. The topological polar surface area (TPSA) is 85.8 Å². The molecular weight excluding hydrogens is 498 g/mol. The minimum Gasteiger partial charge on any atom is -0.368 e. The number of amides is 3. The molecule has 1 saturated heterocycles. The standard InChI is InChI=1S/C29H33N5O3S/c1-20-7-9-22(10-8-20)28(37)34(24-11-12-24)18-26(35)31-29-30-23(19-38-29)17-27(36)33-15-13-32(14-16-33)25-6-4-3-5-21(25)2/h3-10,19,24H,11-18H2,1-2H3,(H,30,31,35). The number of carbonyl (C=O) groups is 3. The Morgan fingerprint density at radius 2 is 1.71 bits per heavy atom. The first-order valence-electron chi connectivity index (χ1n) is 13.1. The SMILES string of the molecule is Cc1ccc(C(=O)N(CC(=O)Nc2nc(CC(=O)N3CCN(c4ccccc4C)CC3)cs2)C2CC2)cc1. The number of carbonyl (C=O) groups excluding carboxylic acids is 3. The first-order valence-corrected chi connectivity index (χ1v) is 14.0. The number of para-hydroxylation sites is 1. The van der Waals surface area contributed by atoms with Gasteiger partial charge in [0.25, 0.3) is 5.91 Å². The second-order valence-electron chi connectivity index (χ2n) is 10.1. The van der Waals surface area contributed by atoms with Gasteiger partial charge in [0.1, 0.15) is 6.54 Å². The van der Waals surface area contributed by atoms with Gasteiger partial charge in [-0.1, -0.05) is 35.9 Å². The van der Waals surface area contributed by atoms with Gasteiger partial charge in [-0.2, -0.15) is 0 Å². The number of rotatable bonds is 8. The Labute approximate surface area is 227 Å². The van der Waals surface area contributed by atoms with Crippen LogP contribution in [0.4, 0.5) is 10.8 Å². The second-order valence-corrected chi connectivity index (χ2v) is 10.9. The molecule has 3 aromatic rings. The zero-order chi connectivity index (χ0) is 26.6. The quantitative estimate of drug-likeness (QED) is 0.477. The van der Waals surface area contributed by atoms with Crippen LogP contribution in [0.25, 0.3) is 0 Å². The zero-order valence-corrected chi connectivity index (χ0v) is 22.7. The highest BCUT2D eigenvalue weighted by Gasteiger charge is 2.34. The third kappa shape index (κ3) is 6.22. The van der Waals surface area contributed by atoms with Crippen molar-refractivity contribution in [3.8, 4) is 0 Å². The van der Waals surface area contributed by atoms with Crippen molar-refractivity contribution in [2.75, 3.05) is 42.9 Å². The van der Waals surface area contributed by atoms with Gasteiger partial charge in [0.15, 0.2) is 5.13 Å². The molecule has 2 fully saturated rings. The van der Waals surface area contributed by atoms with Crippen LogP contribution in [0.15, 0.2) is 53.9 Å². The van der Waals surface area contributed by atoms with Gasteiger partial charge >= 0.3 is 0 Å². The van der Waals surface area contributed by atoms with Crippen LogP contribution in [0.5, 0.6) is 0 Å². The van der Waals surface area contributed by atoms with Gasteiger partial charge in [-0.25, -0.2) is 4.98 Å². The Morgan fingerprint density at radius 3 is 2.39 bits per heavy atom. The number of nitrogens with zero attached hydrogens (tertiary/aromatic N) is 4. The normalized spacial score (nSPS) is 15.3. The number of thiazole rings is 1. The average Bonchev–Trinajstić information content (AvgIpc) is 3.67. The molecule has 1 aliphatic carbocycles. The molecule has 8 nitrogen and oxygen atoms in total. The summed E-state index contributed by atoms with van der Waals surface area (Å²) in [6.07, 6.45) is 2.03. The fourth-order valence-corrected chi connectivity index (χ4v) is 5.48. The van der Waals surface area contributed by atoms with E-state index in [9.17, 15) is 14.4 Å². The fraction of sp³-hybridized carbons (Fsp3) is 0.379. The first kappa shape index (κ1) is 25.9. The third-order valence-corrected chi connectivity index (χ3v) is 7.89. The number of piperazine rings is 1. The van der Waals surface area contributed by atoms with Gasteiger partial charge in [-0.3, -0.25) is 14.4 Å². The van der Waals surface area contributed by atoms with E-state index in [2.05, 4.69) is 34.3 Å². The fourth-order valence-electron chi connectivity index (χ4n) is 4.76. The van der Waals surface area contributed by atoms with E-state index in [-0.39, 0.29) is 36.7 Å². The third-order valence-electron chi connectivity index (χ3n) is 7.08.